The topological polar surface area (TPSA) is 55.1 Å². The summed E-state index contributed by atoms with van der Waals surface area (Å²) in [6.45, 7) is 8.67. The highest BCUT2D eigenvalue weighted by molar-refractivity contribution is 7.80. The van der Waals surface area contributed by atoms with E-state index in [0.717, 1.165) is 17.7 Å². The summed E-state index contributed by atoms with van der Waals surface area (Å²) in [6, 6.07) is 7.31. The van der Waals surface area contributed by atoms with Crippen LogP contribution in [0.4, 0.5) is 5.69 Å². The minimum Gasteiger partial charge on any atom is -0.389 e. The molecule has 0 saturated heterocycles. The third-order valence-corrected chi connectivity index (χ3v) is 3.16. The molecule has 0 aromatic heterocycles. The molecule has 0 radical (unpaired) electrons. The van der Waals surface area contributed by atoms with Gasteiger partial charge in [-0.15, -0.1) is 0 Å². The smallest absolute Gasteiger partial charge is 0.224 e. The van der Waals surface area contributed by atoms with Crippen LogP contribution >= 0.6 is 12.2 Å². The van der Waals surface area contributed by atoms with Crippen LogP contribution < -0.4 is 11.1 Å². The van der Waals surface area contributed by atoms with Crippen molar-refractivity contribution in [1.82, 2.24) is 0 Å². The molecule has 3 nitrogen and oxygen atoms in total. The van der Waals surface area contributed by atoms with Crippen molar-refractivity contribution in [3.63, 3.8) is 0 Å². The molecule has 0 fully saturated rings. The van der Waals surface area contributed by atoms with E-state index in [-0.39, 0.29) is 11.3 Å². The van der Waals surface area contributed by atoms with E-state index in [4.69, 9.17) is 18.0 Å². The van der Waals surface area contributed by atoms with Crippen molar-refractivity contribution in [3.8, 4) is 0 Å². The number of nitrogens with one attached hydrogen (secondary N) is 1. The van der Waals surface area contributed by atoms with Gasteiger partial charge in [0.05, 0.1) is 0 Å². The summed E-state index contributed by atoms with van der Waals surface area (Å²) < 4.78 is 0. The number of carbonyl (C=O) groups is 1. The molecule has 0 aliphatic carbocycles. The molecule has 4 heteroatoms. The van der Waals surface area contributed by atoms with Crippen molar-refractivity contribution >= 4 is 28.8 Å². The molecule has 1 aromatic carbocycles. The van der Waals surface area contributed by atoms with Crippen molar-refractivity contribution in [2.45, 2.75) is 40.5 Å². The summed E-state index contributed by atoms with van der Waals surface area (Å²) in [5.41, 5.74) is 7.33. The number of benzene rings is 1. The van der Waals surface area contributed by atoms with Crippen molar-refractivity contribution < 1.29 is 4.79 Å². The molecular weight excluding hydrogens is 268 g/mol. The minimum absolute atomic E-state index is 0.0295. The summed E-state index contributed by atoms with van der Waals surface area (Å²) in [5.74, 6) is 0.385. The summed E-state index contributed by atoms with van der Waals surface area (Å²) in [6.07, 6.45) is 1.54. The fourth-order valence-corrected chi connectivity index (χ4v) is 2.52. The van der Waals surface area contributed by atoms with Crippen LogP contribution in [0.15, 0.2) is 24.3 Å². The Kier molecular flexibility index (Phi) is 5.69. The Morgan fingerprint density at radius 3 is 2.60 bits per heavy atom. The minimum atomic E-state index is 0.0295. The summed E-state index contributed by atoms with van der Waals surface area (Å²) in [7, 11) is 0. The van der Waals surface area contributed by atoms with Gasteiger partial charge in [-0.3, -0.25) is 4.79 Å². The predicted octanol–water partition coefficient (Wildman–Crippen LogP) is 3.72. The van der Waals surface area contributed by atoms with Gasteiger partial charge in [0.2, 0.25) is 5.91 Å². The highest BCUT2D eigenvalue weighted by Crippen LogP contribution is 2.26. The van der Waals surface area contributed by atoms with Gasteiger partial charge in [0, 0.05) is 17.7 Å². The van der Waals surface area contributed by atoms with E-state index in [9.17, 15) is 4.79 Å². The average molecular weight is 292 g/mol. The molecule has 0 heterocycles. The molecule has 0 aliphatic heterocycles. The van der Waals surface area contributed by atoms with Crippen LogP contribution in [0.25, 0.3) is 0 Å². The third kappa shape index (κ3) is 6.15. The van der Waals surface area contributed by atoms with Gasteiger partial charge in [0.15, 0.2) is 0 Å². The van der Waals surface area contributed by atoms with Crippen LogP contribution in [0, 0.1) is 11.3 Å². The number of amides is 1. The SMILES string of the molecule is CC(CC(=O)Nc1cccc(C(N)=S)c1)CC(C)(C)C. The number of hydrogen-bond donors (Lipinski definition) is 2. The quantitative estimate of drug-likeness (QED) is 0.813. The third-order valence-electron chi connectivity index (χ3n) is 2.93. The molecule has 1 amide bonds. The zero-order valence-electron chi connectivity index (χ0n) is 12.7. The number of nitrogens with two attached hydrogens (primary N) is 1. The number of rotatable bonds is 5. The molecule has 110 valence electrons. The predicted molar refractivity (Wildman–Crippen MR) is 88.8 cm³/mol. The van der Waals surface area contributed by atoms with Crippen LogP contribution in [0.5, 0.6) is 0 Å². The molecule has 0 bridgehead atoms. The second-order valence-corrected chi connectivity index (χ2v) is 7.01. The van der Waals surface area contributed by atoms with Gasteiger partial charge in [0.25, 0.3) is 0 Å². The summed E-state index contributed by atoms with van der Waals surface area (Å²) in [5, 5.41) is 2.90. The molecule has 1 aromatic rings. The van der Waals surface area contributed by atoms with Crippen LogP contribution in [-0.4, -0.2) is 10.9 Å². The molecule has 1 unspecified atom stereocenters. The van der Waals surface area contributed by atoms with Gasteiger partial charge in [-0.05, 0) is 29.9 Å². The van der Waals surface area contributed by atoms with Gasteiger partial charge >= 0.3 is 0 Å². The van der Waals surface area contributed by atoms with Crippen LogP contribution in [0.2, 0.25) is 0 Å². The number of anilines is 1. The standard InChI is InChI=1S/C16H24N2OS/c1-11(10-16(2,3)4)8-14(19)18-13-7-5-6-12(9-13)15(17)20/h5-7,9,11H,8,10H2,1-4H3,(H2,17,20)(H,18,19). The number of hydrogen-bond acceptors (Lipinski definition) is 2. The second-order valence-electron chi connectivity index (χ2n) is 6.57. The van der Waals surface area contributed by atoms with Crippen LogP contribution in [0.1, 0.15) is 46.1 Å². The largest absolute Gasteiger partial charge is 0.389 e. The lowest BCUT2D eigenvalue weighted by molar-refractivity contribution is -0.117. The maximum absolute atomic E-state index is 12.0. The lowest BCUT2D eigenvalue weighted by Gasteiger charge is -2.22. The lowest BCUT2D eigenvalue weighted by Crippen LogP contribution is -2.19. The molecule has 3 N–H and O–H groups in total. The maximum atomic E-state index is 12.0. The monoisotopic (exact) mass is 292 g/mol. The number of thiocarbonyl (C=S) groups is 1. The van der Waals surface area contributed by atoms with Gasteiger partial charge in [-0.2, -0.15) is 0 Å². The lowest BCUT2D eigenvalue weighted by atomic mass is 9.84. The van der Waals surface area contributed by atoms with Gasteiger partial charge in [-0.25, -0.2) is 0 Å². The Balaban J connectivity index is 2.58. The van der Waals surface area contributed by atoms with Gasteiger partial charge in [-0.1, -0.05) is 52.0 Å². The average Bonchev–Trinajstić information content (AvgIpc) is 2.25. The van der Waals surface area contributed by atoms with E-state index in [0.29, 0.717) is 17.3 Å². The normalized spacial score (nSPS) is 12.8. The first-order valence-electron chi connectivity index (χ1n) is 6.87. The Morgan fingerprint density at radius 2 is 2.05 bits per heavy atom. The first-order valence-corrected chi connectivity index (χ1v) is 7.28. The first kappa shape index (κ1) is 16.6. The number of carbonyl (C=O) groups excluding carboxylic acids is 1. The van der Waals surface area contributed by atoms with E-state index in [1.165, 1.54) is 0 Å². The van der Waals surface area contributed by atoms with Crippen molar-refractivity contribution in [2.24, 2.45) is 17.1 Å². The second kappa shape index (κ2) is 6.84. The molecule has 1 rings (SSSR count). The van der Waals surface area contributed by atoms with Crippen molar-refractivity contribution in [3.05, 3.63) is 29.8 Å². The molecule has 0 saturated carbocycles. The zero-order chi connectivity index (χ0) is 15.3. The van der Waals surface area contributed by atoms with Gasteiger partial charge < -0.3 is 11.1 Å². The highest BCUT2D eigenvalue weighted by Gasteiger charge is 2.17. The van der Waals surface area contributed by atoms with Crippen molar-refractivity contribution in [2.75, 3.05) is 5.32 Å². The summed E-state index contributed by atoms with van der Waals surface area (Å²) >= 11 is 4.93. The fourth-order valence-electron chi connectivity index (χ4n) is 2.40. The van der Waals surface area contributed by atoms with E-state index < -0.39 is 0 Å². The van der Waals surface area contributed by atoms with E-state index in [1.54, 1.807) is 6.07 Å². The van der Waals surface area contributed by atoms with Crippen molar-refractivity contribution in [1.29, 1.82) is 0 Å². The maximum Gasteiger partial charge on any atom is 0.224 e. The molecule has 20 heavy (non-hydrogen) atoms. The van der Waals surface area contributed by atoms with E-state index in [1.807, 2.05) is 18.2 Å². The molecule has 1 atom stereocenters. The Bertz CT molecular complexity index is 491. The molecular formula is C16H24N2OS. The van der Waals surface area contributed by atoms with Crippen LogP contribution in [-0.2, 0) is 4.79 Å². The van der Waals surface area contributed by atoms with E-state index >= 15 is 0 Å². The molecule has 0 aliphatic rings. The highest BCUT2D eigenvalue weighted by atomic mass is 32.1. The van der Waals surface area contributed by atoms with Crippen LogP contribution in [0.3, 0.4) is 0 Å². The zero-order valence-corrected chi connectivity index (χ0v) is 13.5. The summed E-state index contributed by atoms with van der Waals surface area (Å²) in [4.78, 5) is 12.4. The Morgan fingerprint density at radius 1 is 1.40 bits per heavy atom. The first-order chi connectivity index (χ1) is 9.17. The Hall–Kier alpha value is -1.42. The van der Waals surface area contributed by atoms with E-state index in [2.05, 4.69) is 33.0 Å². The molecule has 0 spiro atoms. The Labute approximate surface area is 126 Å². The van der Waals surface area contributed by atoms with Gasteiger partial charge in [0.1, 0.15) is 4.99 Å². The fraction of sp³-hybridized carbons (Fsp3) is 0.500.